The maximum absolute atomic E-state index is 13.6. The molecule has 1 heterocycles. The number of ether oxygens (including phenoxy) is 2. The second kappa shape index (κ2) is 11.7. The number of alkyl halides is 6. The fourth-order valence-electron chi connectivity index (χ4n) is 3.73. The first-order valence-electron chi connectivity index (χ1n) is 12.1. The minimum atomic E-state index is -4.84. The molecule has 2 aromatic carbocycles. The van der Waals surface area contributed by atoms with Gasteiger partial charge in [-0.1, -0.05) is 6.07 Å². The maximum atomic E-state index is 13.6. The van der Waals surface area contributed by atoms with E-state index in [4.69, 9.17) is 9.47 Å². The molecule has 0 spiro atoms. The Labute approximate surface area is 231 Å². The molecule has 1 aliphatic rings. The topological polar surface area (TPSA) is 114 Å². The van der Waals surface area contributed by atoms with Gasteiger partial charge in [0.15, 0.2) is 0 Å². The second-order valence-electron chi connectivity index (χ2n) is 10.0. The van der Waals surface area contributed by atoms with Crippen LogP contribution in [0.1, 0.15) is 39.2 Å². The Morgan fingerprint density at radius 2 is 1.73 bits per heavy atom. The molecule has 226 valence electrons. The van der Waals surface area contributed by atoms with Gasteiger partial charge in [-0.25, -0.2) is 13.2 Å². The smallest absolute Gasteiger partial charge is 0.416 e. The van der Waals surface area contributed by atoms with Crippen molar-refractivity contribution >= 4 is 33.4 Å². The number of hydrogen-bond donors (Lipinski definition) is 2. The summed E-state index contributed by atoms with van der Waals surface area (Å²) in [4.78, 5) is 23.8. The van der Waals surface area contributed by atoms with Gasteiger partial charge in [0.25, 0.3) is 10.0 Å². The number of fused-ring (bicyclic) bond motifs is 1. The molecule has 0 aliphatic carbocycles. The van der Waals surface area contributed by atoms with Gasteiger partial charge in [0.05, 0.1) is 35.5 Å². The summed E-state index contributed by atoms with van der Waals surface area (Å²) in [5, 5.41) is 4.50. The van der Waals surface area contributed by atoms with Crippen molar-refractivity contribution in [2.75, 3.05) is 22.7 Å². The second-order valence-corrected chi connectivity index (χ2v) is 11.9. The molecule has 0 aromatic heterocycles. The Kier molecular flexibility index (Phi) is 9.05. The fourth-order valence-corrected chi connectivity index (χ4v) is 5.27. The van der Waals surface area contributed by atoms with Crippen LogP contribution >= 0.6 is 0 Å². The van der Waals surface area contributed by atoms with Crippen LogP contribution in [0.3, 0.4) is 0 Å². The molecule has 1 unspecified atom stereocenters. The van der Waals surface area contributed by atoms with E-state index in [1.807, 2.05) is 0 Å². The molecule has 2 amide bonds. The van der Waals surface area contributed by atoms with Crippen molar-refractivity contribution in [1.29, 1.82) is 0 Å². The first-order valence-corrected chi connectivity index (χ1v) is 13.5. The van der Waals surface area contributed by atoms with E-state index >= 15 is 0 Å². The monoisotopic (exact) mass is 611 g/mol. The molecular formula is C25H27F6N3O6S. The molecule has 0 saturated heterocycles. The minimum absolute atomic E-state index is 0.0641. The number of carbonyl (C=O) groups excluding carboxylic acids is 2. The summed E-state index contributed by atoms with van der Waals surface area (Å²) in [5.74, 6) is -0.961. The van der Waals surface area contributed by atoms with E-state index in [2.05, 4.69) is 10.6 Å². The molecule has 16 heteroatoms. The van der Waals surface area contributed by atoms with Crippen LogP contribution < -0.4 is 19.7 Å². The lowest BCUT2D eigenvalue weighted by Crippen LogP contribution is -2.45. The zero-order chi connectivity index (χ0) is 30.8. The summed E-state index contributed by atoms with van der Waals surface area (Å²) in [5.41, 5.74) is -2.17. The standard InChI is InChI=1S/C25H27F6N3O6S/c1-23(2,3)40-22(36)33-16-7-8-20-19(12-16)34(14-17(39-20)13-21(35)32-10-9-24(26,27)28)41(37,38)18-6-4-5-15(11-18)25(29,30)31/h4-8,11-12,17H,9-10,13-14H2,1-3H3,(H,32,35)(H,33,36). The highest BCUT2D eigenvalue weighted by molar-refractivity contribution is 7.92. The molecule has 1 atom stereocenters. The Bertz CT molecular complexity index is 1390. The lowest BCUT2D eigenvalue weighted by atomic mass is 10.1. The van der Waals surface area contributed by atoms with Crippen molar-refractivity contribution in [2.45, 2.75) is 62.6 Å². The van der Waals surface area contributed by atoms with Crippen molar-refractivity contribution < 1.29 is 53.8 Å². The van der Waals surface area contributed by atoms with Crippen LogP contribution in [0.5, 0.6) is 5.75 Å². The summed E-state index contributed by atoms with van der Waals surface area (Å²) in [7, 11) is -4.71. The highest BCUT2D eigenvalue weighted by Crippen LogP contribution is 2.40. The number of hydrogen-bond acceptors (Lipinski definition) is 6. The molecule has 0 radical (unpaired) electrons. The van der Waals surface area contributed by atoms with E-state index in [9.17, 15) is 44.3 Å². The normalized spacial score (nSPS) is 15.9. The number of benzene rings is 2. The van der Waals surface area contributed by atoms with Gasteiger partial charge in [-0.3, -0.25) is 14.4 Å². The third kappa shape index (κ3) is 8.90. The molecule has 3 rings (SSSR count). The van der Waals surface area contributed by atoms with Crippen molar-refractivity contribution in [1.82, 2.24) is 5.32 Å². The van der Waals surface area contributed by atoms with E-state index in [0.29, 0.717) is 12.1 Å². The first-order chi connectivity index (χ1) is 18.7. The van der Waals surface area contributed by atoms with Crippen LogP contribution in [0, 0.1) is 0 Å². The Morgan fingerprint density at radius 1 is 1.05 bits per heavy atom. The summed E-state index contributed by atoms with van der Waals surface area (Å²) in [6.07, 6.45) is -13.3. The Hall–Kier alpha value is -3.69. The van der Waals surface area contributed by atoms with E-state index in [-0.39, 0.29) is 17.1 Å². The summed E-state index contributed by atoms with van der Waals surface area (Å²) < 4.78 is 116. The third-order valence-electron chi connectivity index (χ3n) is 5.43. The van der Waals surface area contributed by atoms with Crippen molar-refractivity contribution in [3.63, 3.8) is 0 Å². The predicted octanol–water partition coefficient (Wildman–Crippen LogP) is 5.47. The van der Waals surface area contributed by atoms with Crippen LogP contribution in [0.25, 0.3) is 0 Å². The molecule has 9 nitrogen and oxygen atoms in total. The lowest BCUT2D eigenvalue weighted by Gasteiger charge is -2.35. The highest BCUT2D eigenvalue weighted by atomic mass is 32.2. The van der Waals surface area contributed by atoms with Crippen molar-refractivity contribution in [2.24, 2.45) is 0 Å². The van der Waals surface area contributed by atoms with Crippen LogP contribution in [0.15, 0.2) is 47.4 Å². The first kappa shape index (κ1) is 31.8. The average molecular weight is 612 g/mol. The van der Waals surface area contributed by atoms with Crippen molar-refractivity contribution in [3.8, 4) is 5.75 Å². The van der Waals surface area contributed by atoms with E-state index < -0.39 is 82.5 Å². The zero-order valence-electron chi connectivity index (χ0n) is 22.0. The van der Waals surface area contributed by atoms with E-state index in [0.717, 1.165) is 16.4 Å². The summed E-state index contributed by atoms with van der Waals surface area (Å²) >= 11 is 0. The van der Waals surface area contributed by atoms with Crippen LogP contribution in [0.2, 0.25) is 0 Å². The quantitative estimate of drug-likeness (QED) is 0.402. The predicted molar refractivity (Wildman–Crippen MR) is 135 cm³/mol. The van der Waals surface area contributed by atoms with Crippen LogP contribution in [-0.2, 0) is 25.7 Å². The van der Waals surface area contributed by atoms with Gasteiger partial charge in [-0.15, -0.1) is 0 Å². The Balaban J connectivity index is 1.95. The van der Waals surface area contributed by atoms with E-state index in [1.165, 1.54) is 18.2 Å². The number of anilines is 2. The van der Waals surface area contributed by atoms with Gasteiger partial charge in [-0.05, 0) is 57.2 Å². The highest BCUT2D eigenvalue weighted by Gasteiger charge is 2.38. The zero-order valence-corrected chi connectivity index (χ0v) is 22.8. The summed E-state index contributed by atoms with van der Waals surface area (Å²) in [6.45, 7) is 3.58. The number of halogens is 6. The van der Waals surface area contributed by atoms with Gasteiger partial charge >= 0.3 is 18.4 Å². The number of sulfonamides is 1. The lowest BCUT2D eigenvalue weighted by molar-refractivity contribution is -0.138. The molecule has 0 fully saturated rings. The molecule has 1 aliphatic heterocycles. The third-order valence-corrected chi connectivity index (χ3v) is 7.20. The Morgan fingerprint density at radius 3 is 2.34 bits per heavy atom. The number of rotatable bonds is 7. The van der Waals surface area contributed by atoms with E-state index in [1.54, 1.807) is 20.8 Å². The van der Waals surface area contributed by atoms with Crippen LogP contribution in [-0.4, -0.2) is 51.4 Å². The molecule has 2 N–H and O–H groups in total. The molecule has 0 saturated carbocycles. The number of carbonyl (C=O) groups is 2. The molecular weight excluding hydrogens is 584 g/mol. The number of nitrogens with one attached hydrogen (secondary N) is 2. The number of amides is 2. The SMILES string of the molecule is CC(C)(C)OC(=O)Nc1ccc2c(c1)N(S(=O)(=O)c1cccc(C(F)(F)F)c1)CC(CC(=O)NCCC(F)(F)F)O2. The minimum Gasteiger partial charge on any atom is -0.486 e. The average Bonchev–Trinajstić information content (AvgIpc) is 2.81. The fraction of sp³-hybridized carbons (Fsp3) is 0.440. The molecule has 41 heavy (non-hydrogen) atoms. The number of nitrogens with zero attached hydrogens (tertiary/aromatic N) is 1. The van der Waals surface area contributed by atoms with Gasteiger partial charge in [0.2, 0.25) is 5.91 Å². The van der Waals surface area contributed by atoms with Gasteiger partial charge in [0, 0.05) is 12.2 Å². The van der Waals surface area contributed by atoms with Crippen LogP contribution in [0.4, 0.5) is 42.5 Å². The molecule has 2 aromatic rings. The van der Waals surface area contributed by atoms with Crippen molar-refractivity contribution in [3.05, 3.63) is 48.0 Å². The summed E-state index contributed by atoms with van der Waals surface area (Å²) in [6, 6.07) is 6.83. The maximum Gasteiger partial charge on any atom is 0.416 e. The largest absolute Gasteiger partial charge is 0.486 e. The molecule has 0 bridgehead atoms. The van der Waals surface area contributed by atoms with Gasteiger partial charge < -0.3 is 14.8 Å². The van der Waals surface area contributed by atoms with Gasteiger partial charge in [0.1, 0.15) is 17.5 Å². The van der Waals surface area contributed by atoms with Gasteiger partial charge in [-0.2, -0.15) is 26.3 Å².